The van der Waals surface area contributed by atoms with Crippen LogP contribution in [0.4, 0.5) is 0 Å². The van der Waals surface area contributed by atoms with Crippen LogP contribution in [0.15, 0.2) is 229 Å². The molecule has 8 aromatic rings. The number of allylic oxidation sites excluding steroid dienone is 1. The first kappa shape index (κ1) is 36.9. The number of rotatable bonds is 8. The molecular formula is C60H47N. The Morgan fingerprint density at radius 2 is 0.770 bits per heavy atom. The molecule has 11 rings (SSSR count). The molecule has 292 valence electrons. The molecular weight excluding hydrogens is 735 g/mol. The first-order valence-corrected chi connectivity index (χ1v) is 21.9. The fraction of sp³-hybridized carbons (Fsp3) is 0.117. The van der Waals surface area contributed by atoms with Gasteiger partial charge in [-0.05, 0) is 115 Å². The summed E-state index contributed by atoms with van der Waals surface area (Å²) in [7, 11) is 0. The van der Waals surface area contributed by atoms with Crippen molar-refractivity contribution in [3.8, 4) is 22.3 Å². The van der Waals surface area contributed by atoms with E-state index in [-0.39, 0.29) is 5.92 Å². The Balaban J connectivity index is 0.923. The van der Waals surface area contributed by atoms with E-state index in [1.807, 2.05) is 0 Å². The molecule has 2 aliphatic carbocycles. The van der Waals surface area contributed by atoms with Gasteiger partial charge in [-0.15, -0.1) is 0 Å². The molecule has 1 fully saturated rings. The van der Waals surface area contributed by atoms with E-state index in [1.54, 1.807) is 0 Å². The highest BCUT2D eigenvalue weighted by atomic mass is 14.8. The van der Waals surface area contributed by atoms with Crippen LogP contribution in [-0.4, -0.2) is 5.71 Å². The summed E-state index contributed by atoms with van der Waals surface area (Å²) in [5.74, 6) is 1.50. The lowest BCUT2D eigenvalue weighted by Crippen LogP contribution is -2.23. The van der Waals surface area contributed by atoms with Gasteiger partial charge in [0, 0.05) is 5.56 Å². The molecule has 0 amide bonds. The number of hydrogen-bond acceptors (Lipinski definition) is 1. The van der Waals surface area contributed by atoms with Crippen LogP contribution < -0.4 is 10.4 Å². The van der Waals surface area contributed by atoms with Gasteiger partial charge >= 0.3 is 0 Å². The van der Waals surface area contributed by atoms with Crippen LogP contribution in [0, 0.1) is 5.92 Å². The molecule has 1 saturated carbocycles. The predicted octanol–water partition coefficient (Wildman–Crippen LogP) is 13.4. The van der Waals surface area contributed by atoms with Crippen LogP contribution in [0.5, 0.6) is 0 Å². The van der Waals surface area contributed by atoms with Crippen LogP contribution in [-0.2, 0) is 0 Å². The van der Waals surface area contributed by atoms with E-state index in [2.05, 4.69) is 224 Å². The second-order valence-electron chi connectivity index (χ2n) is 17.0. The summed E-state index contributed by atoms with van der Waals surface area (Å²) in [4.78, 5) is 5.44. The van der Waals surface area contributed by atoms with Crippen molar-refractivity contribution < 1.29 is 0 Å². The minimum Gasteiger partial charge on any atom is -0.251 e. The van der Waals surface area contributed by atoms with Crippen molar-refractivity contribution in [2.75, 3.05) is 0 Å². The van der Waals surface area contributed by atoms with Gasteiger partial charge in [0.05, 0.1) is 17.3 Å². The van der Waals surface area contributed by atoms with Crippen LogP contribution in [0.25, 0.3) is 39.1 Å². The third-order valence-electron chi connectivity index (χ3n) is 13.4. The van der Waals surface area contributed by atoms with Gasteiger partial charge in [0.25, 0.3) is 0 Å². The van der Waals surface area contributed by atoms with Crippen molar-refractivity contribution >= 4 is 22.6 Å². The number of fused-ring (bicyclic) bond motifs is 2. The monoisotopic (exact) mass is 781 g/mol. The van der Waals surface area contributed by atoms with Gasteiger partial charge in [-0.1, -0.05) is 218 Å². The van der Waals surface area contributed by atoms with Gasteiger partial charge < -0.3 is 0 Å². The van der Waals surface area contributed by atoms with Crippen LogP contribution in [0.2, 0.25) is 0 Å². The fourth-order valence-corrected chi connectivity index (χ4v) is 10.4. The second-order valence-corrected chi connectivity index (χ2v) is 17.0. The third-order valence-corrected chi connectivity index (χ3v) is 13.4. The van der Waals surface area contributed by atoms with Crippen LogP contribution in [0.3, 0.4) is 0 Å². The van der Waals surface area contributed by atoms with Gasteiger partial charge in [-0.25, -0.2) is 0 Å². The third kappa shape index (κ3) is 7.21. The lowest BCUT2D eigenvalue weighted by Gasteiger charge is -2.36. The Morgan fingerprint density at radius 3 is 1.43 bits per heavy atom. The van der Waals surface area contributed by atoms with Gasteiger partial charge in [0.15, 0.2) is 0 Å². The summed E-state index contributed by atoms with van der Waals surface area (Å²) in [6, 6.07) is 80.4. The Hall–Kier alpha value is -7.09. The molecule has 0 N–H and O–H groups in total. The van der Waals surface area contributed by atoms with Gasteiger partial charge in [-0.2, -0.15) is 0 Å². The molecule has 4 unspecified atom stereocenters. The summed E-state index contributed by atoms with van der Waals surface area (Å²) in [6.45, 7) is 0. The molecule has 0 bridgehead atoms. The minimum absolute atomic E-state index is 0.0350. The van der Waals surface area contributed by atoms with Gasteiger partial charge in [0.1, 0.15) is 0 Å². The van der Waals surface area contributed by atoms with E-state index in [4.69, 9.17) is 4.99 Å². The van der Waals surface area contributed by atoms with E-state index in [0.29, 0.717) is 17.8 Å². The number of hydrogen-bond donors (Lipinski definition) is 0. The van der Waals surface area contributed by atoms with E-state index >= 15 is 0 Å². The molecule has 1 heteroatoms. The standard InChI is InChI=1S/C60H47N/c1-5-16-41(17-6-1)43-28-30-45(31-29-43)52-37-51(42-18-7-2-8-19-42)38-53(39-52)50-25-15-24-49(36-50)44-32-34-47(35-33-44)58-55-27-14-13-26-54(55)56-40-57(46-20-9-3-10-21-46)61-60(59(56)58)48-22-11-4-12-23-48/h1-36,40,51-53,59H,37-39H2. The van der Waals surface area contributed by atoms with E-state index in [9.17, 15) is 0 Å². The first-order chi connectivity index (χ1) is 30.2. The predicted molar refractivity (Wildman–Crippen MR) is 255 cm³/mol. The summed E-state index contributed by atoms with van der Waals surface area (Å²) >= 11 is 0. The van der Waals surface area contributed by atoms with E-state index in [0.717, 1.165) is 35.4 Å². The van der Waals surface area contributed by atoms with Crippen LogP contribution in [0.1, 0.15) is 70.4 Å². The topological polar surface area (TPSA) is 12.4 Å². The Labute approximate surface area is 359 Å². The highest BCUT2D eigenvalue weighted by Crippen LogP contribution is 2.49. The normalized spacial score (nSPS) is 19.4. The quantitative estimate of drug-likeness (QED) is 0.146. The SMILES string of the molecule is C1=C(c2ccccc2)N=C(c2ccccc2)C2C1=c1ccccc1=C2c1ccc(-c2cccc(C3CC(c4ccccc4)CC(c4ccc(-c5ccccc5)cc4)C3)c2)cc1. The van der Waals surface area contributed by atoms with Crippen molar-refractivity contribution in [3.05, 3.63) is 268 Å². The summed E-state index contributed by atoms with van der Waals surface area (Å²) in [6.07, 6.45) is 5.82. The van der Waals surface area contributed by atoms with Crippen molar-refractivity contribution in [1.29, 1.82) is 0 Å². The van der Waals surface area contributed by atoms with Gasteiger partial charge in [-0.3, -0.25) is 4.99 Å². The van der Waals surface area contributed by atoms with E-state index in [1.165, 1.54) is 72.5 Å². The molecule has 0 radical (unpaired) electrons. The lowest BCUT2D eigenvalue weighted by atomic mass is 9.68. The fourth-order valence-electron chi connectivity index (χ4n) is 10.4. The maximum absolute atomic E-state index is 5.44. The van der Waals surface area contributed by atoms with E-state index < -0.39 is 0 Å². The second kappa shape index (κ2) is 16.2. The Kier molecular flexibility index (Phi) is 9.79. The maximum atomic E-state index is 5.44. The molecule has 0 saturated heterocycles. The van der Waals surface area contributed by atoms with Crippen molar-refractivity contribution in [2.24, 2.45) is 10.9 Å². The molecule has 3 aliphatic rings. The average molecular weight is 782 g/mol. The molecule has 1 aliphatic heterocycles. The number of nitrogens with zero attached hydrogens (tertiary/aromatic N) is 1. The smallest absolute Gasteiger partial charge is 0.0709 e. The largest absolute Gasteiger partial charge is 0.251 e. The maximum Gasteiger partial charge on any atom is 0.0709 e. The highest BCUT2D eigenvalue weighted by molar-refractivity contribution is 6.19. The molecule has 0 spiro atoms. The lowest BCUT2D eigenvalue weighted by molar-refractivity contribution is 0.351. The molecule has 4 atom stereocenters. The average Bonchev–Trinajstić information content (AvgIpc) is 3.69. The zero-order chi connectivity index (χ0) is 40.5. The molecule has 0 aromatic heterocycles. The Bertz CT molecular complexity index is 3020. The van der Waals surface area contributed by atoms with Crippen molar-refractivity contribution in [2.45, 2.75) is 37.0 Å². The molecule has 1 heterocycles. The minimum atomic E-state index is 0.0350. The zero-order valence-corrected chi connectivity index (χ0v) is 34.2. The van der Waals surface area contributed by atoms with Crippen molar-refractivity contribution in [3.63, 3.8) is 0 Å². The Morgan fingerprint density at radius 1 is 0.328 bits per heavy atom. The van der Waals surface area contributed by atoms with Gasteiger partial charge in [0.2, 0.25) is 0 Å². The first-order valence-electron chi connectivity index (χ1n) is 21.9. The molecule has 8 aromatic carbocycles. The van der Waals surface area contributed by atoms with Crippen molar-refractivity contribution in [1.82, 2.24) is 0 Å². The highest BCUT2D eigenvalue weighted by Gasteiger charge is 2.35. The van der Waals surface area contributed by atoms with Crippen LogP contribution >= 0.6 is 0 Å². The molecule has 1 nitrogen and oxygen atoms in total. The molecule has 61 heavy (non-hydrogen) atoms. The summed E-state index contributed by atoms with van der Waals surface area (Å²) in [5.41, 5.74) is 17.7. The summed E-state index contributed by atoms with van der Waals surface area (Å²) in [5, 5.41) is 2.59. The zero-order valence-electron chi connectivity index (χ0n) is 34.2. The number of aliphatic imine (C=N–C) groups is 1. The summed E-state index contributed by atoms with van der Waals surface area (Å²) < 4.78 is 0. The number of benzene rings is 8.